The number of thioether (sulfide) groups is 1. The highest BCUT2D eigenvalue weighted by Crippen LogP contribution is 2.41. The van der Waals surface area contributed by atoms with E-state index in [0.717, 1.165) is 18.2 Å². The number of carbonyl (C=O) groups is 2. The number of aliphatic hydroxyl groups is 1. The minimum absolute atomic E-state index is 0.368. The lowest BCUT2D eigenvalue weighted by molar-refractivity contribution is -0.146. The summed E-state index contributed by atoms with van der Waals surface area (Å²) in [5.41, 5.74) is -5.45. The molecule has 116 valence electrons. The van der Waals surface area contributed by atoms with Crippen molar-refractivity contribution in [1.29, 1.82) is 0 Å². The van der Waals surface area contributed by atoms with Crippen LogP contribution in [0.25, 0.3) is 0 Å². The molecule has 1 rings (SSSR count). The summed E-state index contributed by atoms with van der Waals surface area (Å²) in [4.78, 5) is 21.6. The molecule has 1 aromatic carbocycles. The minimum Gasteiger partial charge on any atom is -0.479 e. The first-order chi connectivity index (χ1) is 9.54. The molecule has 21 heavy (non-hydrogen) atoms. The normalized spacial score (nSPS) is 14.6. The molecule has 2 unspecified atom stereocenters. The van der Waals surface area contributed by atoms with Crippen LogP contribution in [0.3, 0.4) is 0 Å². The fourth-order valence-corrected chi connectivity index (χ4v) is 2.53. The summed E-state index contributed by atoms with van der Waals surface area (Å²) < 4.78 is 37.6. The molecule has 0 aromatic heterocycles. The van der Waals surface area contributed by atoms with Crippen LogP contribution in [0.2, 0.25) is 0 Å². The van der Waals surface area contributed by atoms with Gasteiger partial charge in [-0.3, -0.25) is 4.79 Å². The van der Waals surface area contributed by atoms with Crippen molar-refractivity contribution in [2.75, 3.05) is 0 Å². The van der Waals surface area contributed by atoms with Crippen molar-refractivity contribution < 1.29 is 33.0 Å². The Kier molecular flexibility index (Phi) is 5.83. The van der Waals surface area contributed by atoms with Crippen LogP contribution in [-0.4, -0.2) is 32.3 Å². The van der Waals surface area contributed by atoms with Crippen LogP contribution < -0.4 is 0 Å². The third-order valence-electron chi connectivity index (χ3n) is 2.42. The van der Waals surface area contributed by atoms with Gasteiger partial charge in [0.1, 0.15) is 0 Å². The van der Waals surface area contributed by atoms with Crippen molar-refractivity contribution in [3.8, 4) is 0 Å². The lowest BCUT2D eigenvalue weighted by atomic mass is 9.98. The zero-order valence-corrected chi connectivity index (χ0v) is 12.9. The molecule has 9 heteroatoms. The maximum atomic E-state index is 12.5. The van der Waals surface area contributed by atoms with Gasteiger partial charge in [-0.2, -0.15) is 13.2 Å². The molecular weight excluding hydrogens is 377 g/mol. The first-order valence-corrected chi connectivity index (χ1v) is 7.25. The fourth-order valence-electron chi connectivity index (χ4n) is 1.58. The highest BCUT2D eigenvalue weighted by atomic mass is 79.9. The molecule has 0 spiro atoms. The number of aliphatic carboxylic acids is 1. The summed E-state index contributed by atoms with van der Waals surface area (Å²) in [5.74, 6) is -2.39. The molecule has 1 aromatic rings. The molecule has 0 aliphatic rings. The second kappa shape index (κ2) is 6.80. The van der Waals surface area contributed by atoms with E-state index in [-0.39, 0.29) is 5.56 Å². The Hall–Kier alpha value is -1.06. The number of ketones is 1. The number of carbonyl (C=O) groups excluding carboxylic acids is 1. The third-order valence-corrected chi connectivity index (χ3v) is 3.63. The Balaban J connectivity index is 3.48. The van der Waals surface area contributed by atoms with Crippen molar-refractivity contribution in [3.05, 3.63) is 29.3 Å². The zero-order valence-electron chi connectivity index (χ0n) is 10.5. The number of Topliss-reactive ketones (excluding diaryl/α,β-unsaturated/α-hetero) is 1. The average Bonchev–Trinajstić information content (AvgIpc) is 2.34. The number of hydrogen-bond acceptors (Lipinski definition) is 4. The molecule has 0 bridgehead atoms. The van der Waals surface area contributed by atoms with Crippen LogP contribution in [-0.2, 0) is 4.79 Å². The molecule has 0 radical (unpaired) electrons. The average molecular weight is 387 g/mol. The number of hydrogen-bond donors (Lipinski definition) is 2. The van der Waals surface area contributed by atoms with E-state index < -0.39 is 50.4 Å². The fraction of sp³-hybridized carbons (Fsp3) is 0.333. The first-order valence-electron chi connectivity index (χ1n) is 5.52. The molecule has 0 aliphatic carbocycles. The number of alkyl halides is 4. The summed E-state index contributed by atoms with van der Waals surface area (Å²) in [6.07, 6.45) is -2.08. The molecule has 2 atom stereocenters. The second-order valence-corrected chi connectivity index (χ2v) is 6.47. The van der Waals surface area contributed by atoms with Crippen molar-refractivity contribution in [3.63, 3.8) is 0 Å². The standard InChI is InChI=1S/C12H10BrF3O4S/c1-5(13)9(17)8-6(10(18)11(19)20)3-2-4-7(8)21-12(14,15)16/h2-5,10,18H,1H3,(H,19,20). The van der Waals surface area contributed by atoms with Gasteiger partial charge in [0.15, 0.2) is 11.9 Å². The number of aliphatic hydroxyl groups excluding tert-OH is 1. The van der Waals surface area contributed by atoms with Gasteiger partial charge >= 0.3 is 11.5 Å². The molecule has 0 fully saturated rings. The van der Waals surface area contributed by atoms with Gasteiger partial charge in [0.2, 0.25) is 0 Å². The predicted molar refractivity (Wildman–Crippen MR) is 73.7 cm³/mol. The van der Waals surface area contributed by atoms with E-state index in [0.29, 0.717) is 0 Å². The highest BCUT2D eigenvalue weighted by molar-refractivity contribution is 9.10. The predicted octanol–water partition coefficient (Wildman–Crippen LogP) is 3.38. The molecule has 4 nitrogen and oxygen atoms in total. The van der Waals surface area contributed by atoms with E-state index >= 15 is 0 Å². The van der Waals surface area contributed by atoms with E-state index in [1.54, 1.807) is 0 Å². The van der Waals surface area contributed by atoms with Gasteiger partial charge < -0.3 is 10.2 Å². The summed E-state index contributed by atoms with van der Waals surface area (Å²) in [6, 6.07) is 3.33. The van der Waals surface area contributed by atoms with Gasteiger partial charge in [-0.05, 0) is 24.8 Å². The number of benzene rings is 1. The van der Waals surface area contributed by atoms with Crippen molar-refractivity contribution in [2.45, 2.75) is 28.3 Å². The number of rotatable bonds is 5. The van der Waals surface area contributed by atoms with Gasteiger partial charge in [-0.15, -0.1) is 0 Å². The minimum atomic E-state index is -4.64. The van der Waals surface area contributed by atoms with E-state index in [4.69, 9.17) is 5.11 Å². The third kappa shape index (κ3) is 4.72. The quantitative estimate of drug-likeness (QED) is 0.460. The van der Waals surface area contributed by atoms with Gasteiger partial charge in [0.05, 0.1) is 4.83 Å². The van der Waals surface area contributed by atoms with Crippen molar-refractivity contribution in [1.82, 2.24) is 0 Å². The number of carboxylic acid groups (broad SMARTS) is 1. The van der Waals surface area contributed by atoms with Gasteiger partial charge in [0.25, 0.3) is 0 Å². The number of halogens is 4. The lowest BCUT2D eigenvalue weighted by Crippen LogP contribution is -2.20. The van der Waals surface area contributed by atoms with E-state index in [1.165, 1.54) is 6.92 Å². The smallest absolute Gasteiger partial charge is 0.446 e. The van der Waals surface area contributed by atoms with Crippen LogP contribution in [0.1, 0.15) is 28.9 Å². The van der Waals surface area contributed by atoms with Crippen molar-refractivity contribution in [2.24, 2.45) is 0 Å². The molecule has 2 N–H and O–H groups in total. The van der Waals surface area contributed by atoms with Crippen molar-refractivity contribution >= 4 is 39.4 Å². The van der Waals surface area contributed by atoms with Crippen LogP contribution in [0.4, 0.5) is 13.2 Å². The largest absolute Gasteiger partial charge is 0.479 e. The summed E-state index contributed by atoms with van der Waals surface area (Å²) >= 11 is 2.41. The SMILES string of the molecule is CC(Br)C(=O)c1c(SC(F)(F)F)cccc1C(O)C(=O)O. The van der Waals surface area contributed by atoms with Gasteiger partial charge in [-0.1, -0.05) is 28.1 Å². The Bertz CT molecular complexity index is 560. The molecular formula is C12H10BrF3O4S. The summed E-state index contributed by atoms with van der Waals surface area (Å²) in [5, 5.41) is 18.4. The molecule has 0 saturated heterocycles. The van der Waals surface area contributed by atoms with Crippen LogP contribution >= 0.6 is 27.7 Å². The Morgan fingerprint density at radius 2 is 1.90 bits per heavy atom. The monoisotopic (exact) mass is 386 g/mol. The van der Waals surface area contributed by atoms with E-state index in [2.05, 4.69) is 15.9 Å². The van der Waals surface area contributed by atoms with Gasteiger partial charge in [0, 0.05) is 16.0 Å². The van der Waals surface area contributed by atoms with Crippen LogP contribution in [0, 0.1) is 0 Å². The molecule has 0 heterocycles. The summed E-state index contributed by atoms with van der Waals surface area (Å²) in [6.45, 7) is 1.40. The maximum absolute atomic E-state index is 12.5. The molecule has 0 aliphatic heterocycles. The van der Waals surface area contributed by atoms with Gasteiger partial charge in [-0.25, -0.2) is 4.79 Å². The number of carboxylic acids is 1. The maximum Gasteiger partial charge on any atom is 0.446 e. The topological polar surface area (TPSA) is 74.6 Å². The van der Waals surface area contributed by atoms with E-state index in [9.17, 15) is 27.9 Å². The molecule has 0 amide bonds. The zero-order chi connectivity index (χ0) is 16.4. The first kappa shape index (κ1) is 18.0. The van der Waals surface area contributed by atoms with E-state index in [1.807, 2.05) is 0 Å². The second-order valence-electron chi connectivity index (χ2n) is 3.99. The lowest BCUT2D eigenvalue weighted by Gasteiger charge is -2.17. The highest BCUT2D eigenvalue weighted by Gasteiger charge is 2.34. The summed E-state index contributed by atoms with van der Waals surface area (Å²) in [7, 11) is 0. The Morgan fingerprint density at radius 1 is 1.33 bits per heavy atom. The van der Waals surface area contributed by atoms with Crippen LogP contribution in [0.15, 0.2) is 23.1 Å². The van der Waals surface area contributed by atoms with Crippen LogP contribution in [0.5, 0.6) is 0 Å². The Morgan fingerprint density at radius 3 is 2.33 bits per heavy atom. The molecule has 0 saturated carbocycles. The Labute approximate surface area is 130 Å².